The fourth-order valence-electron chi connectivity index (χ4n) is 12.0. The van der Waals surface area contributed by atoms with Crippen LogP contribution in [0.5, 0.6) is 28.7 Å². The van der Waals surface area contributed by atoms with Gasteiger partial charge in [0.05, 0.1) is 68.6 Å². The largest absolute Gasteiger partial charge is 0.494 e. The molecule has 1 N–H and O–H groups in total. The van der Waals surface area contributed by atoms with Crippen molar-refractivity contribution in [3.63, 3.8) is 0 Å². The number of rotatable bonds is 42. The van der Waals surface area contributed by atoms with Crippen molar-refractivity contribution in [3.8, 4) is 28.7 Å². The smallest absolute Gasteiger partial charge is 0.330 e. The highest BCUT2D eigenvalue weighted by Crippen LogP contribution is 2.41. The first-order valence-electron chi connectivity index (χ1n) is 34.4. The number of hydrogen-bond donors (Lipinski definition) is 1. The number of esters is 4. The number of aromatic nitrogens is 1. The monoisotopic (exact) mass is 1360 g/mol. The molecular formula is C78H91N3O16S. The molecule has 520 valence electrons. The van der Waals surface area contributed by atoms with Crippen LogP contribution in [0.4, 0.5) is 5.13 Å². The van der Waals surface area contributed by atoms with Gasteiger partial charge in [0.15, 0.2) is 11.5 Å². The topological polar surface area (TPSA) is 219 Å². The molecule has 7 aromatic rings. The van der Waals surface area contributed by atoms with Crippen molar-refractivity contribution < 1.29 is 77.3 Å². The number of hydrazone groups is 1. The van der Waals surface area contributed by atoms with Crippen LogP contribution in [0.1, 0.15) is 150 Å². The number of anilines is 1. The van der Waals surface area contributed by atoms with Gasteiger partial charge in [-0.3, -0.25) is 14.8 Å². The molecule has 1 unspecified atom stereocenters. The Morgan fingerprint density at radius 2 is 1.07 bits per heavy atom. The van der Waals surface area contributed by atoms with E-state index in [2.05, 4.69) is 13.2 Å². The molecule has 0 amide bonds. The van der Waals surface area contributed by atoms with E-state index in [9.17, 15) is 24.4 Å². The lowest BCUT2D eigenvalue weighted by atomic mass is 9.78. The van der Waals surface area contributed by atoms with E-state index in [1.54, 1.807) is 30.5 Å². The number of fused-ring (bicyclic) bond motifs is 1. The van der Waals surface area contributed by atoms with Crippen LogP contribution in [0, 0.1) is 23.7 Å². The third-order valence-electron chi connectivity index (χ3n) is 17.5. The third-order valence-corrected chi connectivity index (χ3v) is 18.6. The molecule has 20 heteroatoms. The van der Waals surface area contributed by atoms with Gasteiger partial charge in [-0.25, -0.2) is 24.5 Å². The number of para-hydroxylation sites is 1. The first kappa shape index (κ1) is 73.3. The molecule has 1 aromatic heterocycles. The minimum absolute atomic E-state index is 0.0157. The molecule has 0 radical (unpaired) electrons. The first-order chi connectivity index (χ1) is 48.1. The van der Waals surface area contributed by atoms with Crippen LogP contribution in [0.15, 0.2) is 182 Å². The average molecular weight is 1360 g/mol. The summed E-state index contributed by atoms with van der Waals surface area (Å²) in [7, 11) is 0. The fourth-order valence-corrected chi connectivity index (χ4v) is 12.9. The first-order valence-corrected chi connectivity index (χ1v) is 35.2. The van der Waals surface area contributed by atoms with Crippen molar-refractivity contribution in [2.75, 3.05) is 57.8 Å². The molecule has 0 saturated heterocycles. The van der Waals surface area contributed by atoms with Gasteiger partial charge in [-0.15, -0.1) is 0 Å². The van der Waals surface area contributed by atoms with Gasteiger partial charge in [-0.05, 0) is 223 Å². The lowest BCUT2D eigenvalue weighted by Crippen LogP contribution is -2.27. The number of thiazole rings is 1. The van der Waals surface area contributed by atoms with Gasteiger partial charge >= 0.3 is 23.9 Å². The molecular weight excluding hydrogens is 1270 g/mol. The maximum absolute atomic E-state index is 13.8. The summed E-state index contributed by atoms with van der Waals surface area (Å²) in [4.78, 5) is 83.6. The molecule has 0 spiro atoms. The molecule has 2 aliphatic carbocycles. The molecule has 1 atom stereocenters. The van der Waals surface area contributed by atoms with Crippen LogP contribution in [-0.2, 0) is 48.1 Å². The predicted molar refractivity (Wildman–Crippen MR) is 375 cm³/mol. The van der Waals surface area contributed by atoms with Gasteiger partial charge in [0, 0.05) is 24.3 Å². The van der Waals surface area contributed by atoms with Crippen molar-refractivity contribution in [1.82, 2.24) is 4.98 Å². The van der Waals surface area contributed by atoms with Crippen molar-refractivity contribution >= 4 is 56.8 Å². The molecule has 0 bridgehead atoms. The van der Waals surface area contributed by atoms with Gasteiger partial charge in [-0.1, -0.05) is 103 Å². The van der Waals surface area contributed by atoms with E-state index in [-0.39, 0.29) is 48.8 Å². The second-order valence-corrected chi connectivity index (χ2v) is 25.7. The standard InChI is InChI=1S/C78H91N3O16S/c1-3-72(82)89-50-20-7-5-18-48-87-65-38-42-67(43-39-65)94-76(84)62-35-31-58(32-36-62)56-93-97-70-46-37-63(75(95-86)61-33-29-57(30-34-61)55-92-96-68-44-40-66(41-45-68)88-49-19-6-8-21-51-90-73(83)4-2)53-64(70)54-79-81(78-80-69-27-15-16-28-71(69)98-78)47-17-22-52-91-77(85)74(59-23-11-9-12-24-59)60-25-13-10-14-26-60/h3-4,9-16,23-28,37-46,53-54,57-58,61-62,74-75,86H,1-2,5-8,17-22,29-36,47-52,55-56H2/b79-54+. The molecule has 9 rings (SSSR count). The number of nitrogens with zero attached hydrogens (tertiary/aromatic N) is 3. The van der Waals surface area contributed by atoms with Gasteiger partial charge < -0.3 is 38.2 Å². The van der Waals surface area contributed by atoms with Crippen molar-refractivity contribution in [1.29, 1.82) is 0 Å². The number of benzene rings is 6. The summed E-state index contributed by atoms with van der Waals surface area (Å²) >= 11 is 1.52. The highest BCUT2D eigenvalue weighted by molar-refractivity contribution is 7.22. The Morgan fingerprint density at radius 1 is 0.551 bits per heavy atom. The van der Waals surface area contributed by atoms with E-state index in [0.717, 1.165) is 129 Å². The van der Waals surface area contributed by atoms with Crippen LogP contribution >= 0.6 is 11.3 Å². The normalized spacial score (nSPS) is 16.4. The minimum atomic E-state index is -0.659. The van der Waals surface area contributed by atoms with E-state index in [1.165, 1.54) is 17.4 Å². The number of ether oxygens (including phenoxy) is 6. The molecule has 0 aliphatic heterocycles. The zero-order chi connectivity index (χ0) is 68.4. The van der Waals surface area contributed by atoms with Crippen LogP contribution in [-0.4, -0.2) is 93.1 Å². The van der Waals surface area contributed by atoms with E-state index < -0.39 is 24.0 Å². The summed E-state index contributed by atoms with van der Waals surface area (Å²) in [6, 6.07) is 47.3. The quantitative estimate of drug-likeness (QED) is 0.00549. The zero-order valence-electron chi connectivity index (χ0n) is 55.7. The second-order valence-electron chi connectivity index (χ2n) is 24.7. The lowest BCUT2D eigenvalue weighted by molar-refractivity contribution is -0.296. The summed E-state index contributed by atoms with van der Waals surface area (Å²) in [6.07, 6.45) is 17.6. The minimum Gasteiger partial charge on any atom is -0.494 e. The summed E-state index contributed by atoms with van der Waals surface area (Å²) < 4.78 is 34.6. The molecule has 19 nitrogen and oxygen atoms in total. The van der Waals surface area contributed by atoms with Crippen LogP contribution in [0.3, 0.4) is 0 Å². The fraction of sp³-hybridized carbons (Fsp3) is 0.410. The number of carbonyl (C=O) groups is 4. The number of unbranched alkanes of at least 4 members (excludes halogenated alkanes) is 7. The highest BCUT2D eigenvalue weighted by Gasteiger charge is 2.32. The van der Waals surface area contributed by atoms with Gasteiger partial charge in [0.2, 0.25) is 5.13 Å². The third kappa shape index (κ3) is 24.0. The van der Waals surface area contributed by atoms with Crippen LogP contribution in [0.25, 0.3) is 10.2 Å². The Balaban J connectivity index is 0.794. The highest BCUT2D eigenvalue weighted by atomic mass is 32.1. The Hall–Kier alpha value is -8.92. The molecule has 98 heavy (non-hydrogen) atoms. The van der Waals surface area contributed by atoms with Crippen molar-refractivity contribution in [2.24, 2.45) is 28.8 Å². The summed E-state index contributed by atoms with van der Waals surface area (Å²) in [5.41, 5.74) is 3.88. The number of hydrogen-bond acceptors (Lipinski definition) is 20. The molecule has 2 aliphatic rings. The second kappa shape index (κ2) is 40.7. The Labute approximate surface area is 578 Å². The Bertz CT molecular complexity index is 3500. The van der Waals surface area contributed by atoms with Gasteiger partial charge in [0.1, 0.15) is 29.3 Å². The van der Waals surface area contributed by atoms with Crippen molar-refractivity contribution in [3.05, 3.63) is 199 Å². The van der Waals surface area contributed by atoms with E-state index in [1.807, 2.05) is 132 Å². The Morgan fingerprint density at radius 3 is 1.65 bits per heavy atom. The molecule has 1 heterocycles. The summed E-state index contributed by atoms with van der Waals surface area (Å²) in [5.74, 6) is 1.03. The van der Waals surface area contributed by atoms with Gasteiger partial charge in [0.25, 0.3) is 0 Å². The zero-order valence-corrected chi connectivity index (χ0v) is 56.6. The number of carbonyl (C=O) groups excluding carboxylic acids is 4. The van der Waals surface area contributed by atoms with Gasteiger partial charge in [-0.2, -0.15) is 14.9 Å². The van der Waals surface area contributed by atoms with Crippen molar-refractivity contribution in [2.45, 2.75) is 128 Å². The molecule has 2 saturated carbocycles. The van der Waals surface area contributed by atoms with E-state index in [0.29, 0.717) is 99.0 Å². The maximum Gasteiger partial charge on any atom is 0.330 e. The SMILES string of the molecule is C=CC(=O)OCCCCCCOc1ccc(OOCC2CCC(C(OO)c3ccc(OOCC4CCC(C(=O)Oc5ccc(OCCCCCCOC(=O)C=C)cc5)CC4)c(/C=N/N(CCCCOC(=O)C(c4ccccc4)c4ccccc4)c4nc5ccccc5s4)c3)CC2)cc1. The Kier molecular flexibility index (Phi) is 30.5. The average Bonchev–Trinajstić information content (AvgIpc) is 1.31. The summed E-state index contributed by atoms with van der Waals surface area (Å²) in [5, 5.41) is 18.3. The maximum atomic E-state index is 13.8. The van der Waals surface area contributed by atoms with E-state index >= 15 is 0 Å². The molecule has 6 aromatic carbocycles. The van der Waals surface area contributed by atoms with Crippen LogP contribution in [0.2, 0.25) is 0 Å². The lowest BCUT2D eigenvalue weighted by Gasteiger charge is -2.32. The predicted octanol–water partition coefficient (Wildman–Crippen LogP) is 16.7. The molecule has 2 fully saturated rings. The van der Waals surface area contributed by atoms with Crippen LogP contribution < -0.4 is 29.0 Å². The summed E-state index contributed by atoms with van der Waals surface area (Å²) in [6.45, 7) is 10.1. The van der Waals surface area contributed by atoms with E-state index in [4.69, 9.17) is 62.9 Å².